The fourth-order valence-electron chi connectivity index (χ4n) is 0.167. The molecule has 0 aliphatic rings. The molecule has 0 radical (unpaired) electrons. The van der Waals surface area contributed by atoms with Gasteiger partial charge in [-0.3, -0.25) is 0 Å². The van der Waals surface area contributed by atoms with E-state index < -0.39 is 0 Å². The summed E-state index contributed by atoms with van der Waals surface area (Å²) in [6.07, 6.45) is 0. The Morgan fingerprint density at radius 3 is 2.20 bits per heavy atom. The van der Waals surface area contributed by atoms with E-state index in [0.717, 1.165) is 0 Å². The Balaban J connectivity index is 2.62. The van der Waals surface area contributed by atoms with Crippen LogP contribution in [0.3, 0.4) is 0 Å². The Morgan fingerprint density at radius 2 is 2.20 bits per heavy atom. The first-order valence-electron chi connectivity index (χ1n) is 1.70. The van der Waals surface area contributed by atoms with Gasteiger partial charge in [-0.1, -0.05) is 0 Å². The predicted octanol–water partition coefficient (Wildman–Crippen LogP) is -0.508. The summed E-state index contributed by atoms with van der Waals surface area (Å²) in [5.74, 6) is 0. The van der Waals surface area contributed by atoms with Crippen molar-refractivity contribution in [1.29, 1.82) is 0 Å². The third-order valence-corrected chi connectivity index (χ3v) is 0.333. The van der Waals surface area contributed by atoms with Crippen LogP contribution < -0.4 is 5.23 Å². The van der Waals surface area contributed by atoms with Gasteiger partial charge in [0.05, 0.1) is 0 Å². The van der Waals surface area contributed by atoms with Crippen molar-refractivity contribution in [2.75, 3.05) is 7.05 Å². The summed E-state index contributed by atoms with van der Waals surface area (Å²) in [6, 6.07) is 0. The van der Waals surface area contributed by atoms with Gasteiger partial charge >= 0.3 is 32.8 Å². The predicted molar refractivity (Wildman–Crippen MR) is 26.4 cm³/mol. The Hall–Kier alpha value is -0.0701. The first-order chi connectivity index (χ1) is 2.41. The molecular weight excluding hydrogens is 59.7 g/mol. The Labute approximate surface area is 33.9 Å². The third kappa shape index (κ3) is 3.93. The molecule has 0 bridgehead atoms. The molecule has 0 saturated carbocycles. The Bertz CT molecular complexity index is 34.6. The second-order valence-corrected chi connectivity index (χ2v) is 0.789. The summed E-state index contributed by atoms with van der Waals surface area (Å²) in [5, 5.41) is 2.84. The molecule has 0 amide bonds. The van der Waals surface area contributed by atoms with Gasteiger partial charge in [-0.2, -0.15) is 0 Å². The van der Waals surface area contributed by atoms with Gasteiger partial charge in [-0.25, -0.2) is 0 Å². The van der Waals surface area contributed by atoms with Crippen LogP contribution in [-0.4, -0.2) is 20.8 Å². The zero-order valence-electron chi connectivity index (χ0n) is 3.65. The Kier molecular flexibility index (Phi) is 3.87. The molecule has 0 spiro atoms. The molecule has 1 N–H and O–H groups in total. The van der Waals surface area contributed by atoms with Crippen LogP contribution in [0.5, 0.6) is 0 Å². The van der Waals surface area contributed by atoms with E-state index in [2.05, 4.69) is 5.23 Å². The zero-order chi connectivity index (χ0) is 4.12. The van der Waals surface area contributed by atoms with E-state index in [9.17, 15) is 0 Å². The first-order valence-corrected chi connectivity index (χ1v) is 1.70. The van der Waals surface area contributed by atoms with E-state index >= 15 is 0 Å². The van der Waals surface area contributed by atoms with Crippen LogP contribution in [0, 0.1) is 0 Å². The number of hydrogen-bond donors (Lipinski definition) is 1. The molecule has 0 aliphatic heterocycles. The van der Waals surface area contributed by atoms with Crippen LogP contribution in [-0.2, 0) is 0 Å². The Morgan fingerprint density at radius 1 is 1.60 bits per heavy atom. The molecular formula is C2H7B2N. The van der Waals surface area contributed by atoms with Gasteiger partial charge in [-0.05, 0) is 0 Å². The van der Waals surface area contributed by atoms with Crippen molar-refractivity contribution in [3.05, 3.63) is 0 Å². The first kappa shape index (κ1) is 4.93. The van der Waals surface area contributed by atoms with Crippen LogP contribution in [0.2, 0.25) is 6.82 Å². The van der Waals surface area contributed by atoms with Gasteiger partial charge in [0.1, 0.15) is 0 Å². The van der Waals surface area contributed by atoms with E-state index in [-0.39, 0.29) is 0 Å². The summed E-state index contributed by atoms with van der Waals surface area (Å²) in [6.45, 7) is 5.79. The van der Waals surface area contributed by atoms with E-state index in [1.165, 1.54) is 0 Å². The van der Waals surface area contributed by atoms with Gasteiger partial charge in [-0.15, -0.1) is 0 Å². The number of nitrogens with one attached hydrogen (secondary N) is 1. The maximum atomic E-state index is 2.84. The minimum absolute atomic E-state index is 1.88. The molecule has 0 rings (SSSR count). The molecule has 0 aromatic carbocycles. The van der Waals surface area contributed by atoms with Gasteiger partial charge < -0.3 is 0 Å². The summed E-state index contributed by atoms with van der Waals surface area (Å²) in [7, 11) is 1.88. The molecule has 1 nitrogen and oxygen atoms in total. The zero-order valence-corrected chi connectivity index (χ0v) is 3.65. The van der Waals surface area contributed by atoms with Gasteiger partial charge in [0, 0.05) is 0 Å². The van der Waals surface area contributed by atoms with Crippen LogP contribution in [0.25, 0.3) is 0 Å². The quantitative estimate of drug-likeness (QED) is 0.407. The monoisotopic (exact) mass is 67.1 g/mol. The van der Waals surface area contributed by atoms with E-state index in [1.807, 2.05) is 27.6 Å². The molecule has 0 heterocycles. The molecule has 0 unspecified atom stereocenters. The van der Waals surface area contributed by atoms with Crippen molar-refractivity contribution in [2.24, 2.45) is 0 Å². The molecule has 0 atom stereocenters. The normalized spacial score (nSPS) is 6.00. The average molecular weight is 66.7 g/mol. The van der Waals surface area contributed by atoms with Crippen LogP contribution in [0.15, 0.2) is 0 Å². The molecule has 0 saturated heterocycles. The van der Waals surface area contributed by atoms with Crippen molar-refractivity contribution in [1.82, 2.24) is 5.23 Å². The summed E-state index contributed by atoms with van der Waals surface area (Å²) >= 11 is 0. The van der Waals surface area contributed by atoms with Gasteiger partial charge in [0.25, 0.3) is 0 Å². The van der Waals surface area contributed by atoms with Crippen molar-refractivity contribution in [3.8, 4) is 0 Å². The third-order valence-electron chi connectivity index (χ3n) is 0.333. The topological polar surface area (TPSA) is 12.0 Å². The van der Waals surface area contributed by atoms with Crippen LogP contribution in [0.4, 0.5) is 0 Å². The minimum atomic E-state index is 1.88. The van der Waals surface area contributed by atoms with Crippen LogP contribution >= 0.6 is 0 Å². The SMILES string of the molecule is CB=BNC. The molecule has 0 fully saturated rings. The van der Waals surface area contributed by atoms with Crippen molar-refractivity contribution < 1.29 is 0 Å². The summed E-state index contributed by atoms with van der Waals surface area (Å²) < 4.78 is 0. The number of hydrogen-bond acceptors (Lipinski definition) is 1. The summed E-state index contributed by atoms with van der Waals surface area (Å²) in [5.41, 5.74) is 0. The van der Waals surface area contributed by atoms with Crippen LogP contribution in [0.1, 0.15) is 0 Å². The second kappa shape index (κ2) is 3.93. The summed E-state index contributed by atoms with van der Waals surface area (Å²) in [4.78, 5) is 0. The van der Waals surface area contributed by atoms with E-state index in [0.29, 0.717) is 0 Å². The van der Waals surface area contributed by atoms with Crippen molar-refractivity contribution in [3.63, 3.8) is 0 Å². The van der Waals surface area contributed by atoms with Gasteiger partial charge in [0.15, 0.2) is 0 Å². The molecule has 26 valence electrons. The standard InChI is InChI=1S/C2H7B2N/c1-3-4-5-2/h5H,1-2H3. The van der Waals surface area contributed by atoms with E-state index in [4.69, 9.17) is 0 Å². The van der Waals surface area contributed by atoms with Crippen molar-refractivity contribution in [2.45, 2.75) is 6.82 Å². The van der Waals surface area contributed by atoms with Crippen molar-refractivity contribution >= 4 is 13.7 Å². The number of rotatable bonds is 1. The maximum absolute atomic E-state index is 2.84. The average Bonchev–Trinajstić information content (AvgIpc) is 1.41. The fraction of sp³-hybridized carbons (Fsp3) is 1.00. The second-order valence-electron chi connectivity index (χ2n) is 0.789. The van der Waals surface area contributed by atoms with Gasteiger partial charge in [0.2, 0.25) is 0 Å². The molecule has 0 aromatic heterocycles. The molecule has 5 heavy (non-hydrogen) atoms. The van der Waals surface area contributed by atoms with E-state index in [1.54, 1.807) is 0 Å². The molecule has 0 aliphatic carbocycles. The molecule has 0 aromatic rings. The molecule has 3 heteroatoms. The fourth-order valence-corrected chi connectivity index (χ4v) is 0.167.